The fraction of sp³-hybridized carbons (Fsp3) is 0.429. The van der Waals surface area contributed by atoms with Gasteiger partial charge >= 0.3 is 0 Å². The van der Waals surface area contributed by atoms with Crippen LogP contribution < -0.4 is 4.90 Å². The van der Waals surface area contributed by atoms with Crippen molar-refractivity contribution in [2.75, 3.05) is 44.2 Å². The molecular weight excluding hydrogens is 460 g/mol. The number of hydrogen-bond acceptors (Lipinski definition) is 3. The van der Waals surface area contributed by atoms with Crippen molar-refractivity contribution in [3.63, 3.8) is 0 Å². The van der Waals surface area contributed by atoms with Crippen molar-refractivity contribution >= 4 is 40.0 Å². The van der Waals surface area contributed by atoms with Crippen LogP contribution in [0.5, 0.6) is 0 Å². The zero-order valence-corrected chi connectivity index (χ0v) is 20.8. The Morgan fingerprint density at radius 3 is 2.51 bits per heavy atom. The fourth-order valence-corrected chi connectivity index (χ4v) is 5.62. The van der Waals surface area contributed by atoms with Crippen LogP contribution in [-0.2, 0) is 4.79 Å². The molecule has 35 heavy (non-hydrogen) atoms. The lowest BCUT2D eigenvalue weighted by molar-refractivity contribution is -0.131. The van der Waals surface area contributed by atoms with Gasteiger partial charge in [-0.3, -0.25) is 14.5 Å². The molecule has 2 saturated heterocycles. The minimum atomic E-state index is -0.233. The third-order valence-electron chi connectivity index (χ3n) is 7.42. The van der Waals surface area contributed by atoms with Gasteiger partial charge < -0.3 is 14.8 Å². The second kappa shape index (κ2) is 10.8. The number of piperidine rings is 2. The summed E-state index contributed by atoms with van der Waals surface area (Å²) in [5.74, 6) is 0.379. The molecule has 0 aliphatic carbocycles. The van der Waals surface area contributed by atoms with E-state index in [0.29, 0.717) is 22.2 Å². The van der Waals surface area contributed by atoms with Crippen LogP contribution in [-0.4, -0.2) is 65.9 Å². The van der Waals surface area contributed by atoms with E-state index in [9.17, 15) is 9.59 Å². The Hall–Kier alpha value is -2.83. The third kappa shape index (κ3) is 5.54. The van der Waals surface area contributed by atoms with E-state index in [1.54, 1.807) is 18.2 Å². The van der Waals surface area contributed by atoms with Crippen molar-refractivity contribution in [3.8, 4) is 0 Å². The SMILES string of the molecule is O=C(CN(C(=O)c1ccc2cc[nH]c2c1)c1ccccc1Cl)N1CCC(CN2CCCCC2)CC1. The van der Waals surface area contributed by atoms with Gasteiger partial charge in [0.1, 0.15) is 6.54 Å². The van der Waals surface area contributed by atoms with Crippen molar-refractivity contribution in [3.05, 3.63) is 65.3 Å². The normalized spacial score (nSPS) is 17.6. The predicted octanol–water partition coefficient (Wildman–Crippen LogP) is 5.19. The molecule has 2 aliphatic rings. The number of amides is 2. The number of nitrogens with zero attached hydrogens (tertiary/aromatic N) is 3. The number of fused-ring (bicyclic) bond motifs is 1. The van der Waals surface area contributed by atoms with Gasteiger partial charge in [-0.25, -0.2) is 0 Å². The Kier molecular flexibility index (Phi) is 7.40. The predicted molar refractivity (Wildman–Crippen MR) is 141 cm³/mol. The van der Waals surface area contributed by atoms with E-state index in [0.717, 1.165) is 43.4 Å². The number of carbonyl (C=O) groups excluding carboxylic acids is 2. The van der Waals surface area contributed by atoms with E-state index >= 15 is 0 Å². The maximum atomic E-state index is 13.6. The van der Waals surface area contributed by atoms with E-state index in [4.69, 9.17) is 11.6 Å². The van der Waals surface area contributed by atoms with Crippen LogP contribution in [0.3, 0.4) is 0 Å². The summed E-state index contributed by atoms with van der Waals surface area (Å²) >= 11 is 6.48. The van der Waals surface area contributed by atoms with Crippen LogP contribution >= 0.6 is 11.6 Å². The van der Waals surface area contributed by atoms with Crippen LogP contribution in [0.4, 0.5) is 5.69 Å². The van der Waals surface area contributed by atoms with Crippen LogP contribution in [0.1, 0.15) is 42.5 Å². The number of rotatable bonds is 6. The van der Waals surface area contributed by atoms with Crippen molar-refractivity contribution in [2.45, 2.75) is 32.1 Å². The van der Waals surface area contributed by atoms with Gasteiger partial charge in [0, 0.05) is 36.9 Å². The Labute approximate surface area is 211 Å². The van der Waals surface area contributed by atoms with Gasteiger partial charge in [-0.05, 0) is 80.4 Å². The third-order valence-corrected chi connectivity index (χ3v) is 7.74. The average Bonchev–Trinajstić information content (AvgIpc) is 3.36. The number of para-hydroxylation sites is 1. The van der Waals surface area contributed by atoms with Crippen LogP contribution in [0.15, 0.2) is 54.7 Å². The summed E-state index contributed by atoms with van der Waals surface area (Å²) in [6.07, 6.45) is 7.85. The van der Waals surface area contributed by atoms with Crippen molar-refractivity contribution < 1.29 is 9.59 Å². The molecule has 6 nitrogen and oxygen atoms in total. The van der Waals surface area contributed by atoms with E-state index in [1.807, 2.05) is 41.4 Å². The lowest BCUT2D eigenvalue weighted by Gasteiger charge is -2.37. The topological polar surface area (TPSA) is 59.7 Å². The Morgan fingerprint density at radius 2 is 1.74 bits per heavy atom. The first-order valence-electron chi connectivity index (χ1n) is 12.7. The minimum absolute atomic E-state index is 0.0257. The van der Waals surface area contributed by atoms with Crippen LogP contribution in [0.25, 0.3) is 10.9 Å². The Morgan fingerprint density at radius 1 is 0.971 bits per heavy atom. The summed E-state index contributed by atoms with van der Waals surface area (Å²) in [5, 5.41) is 1.49. The number of anilines is 1. The van der Waals surface area contributed by atoms with Gasteiger partial charge in [-0.15, -0.1) is 0 Å². The van der Waals surface area contributed by atoms with Gasteiger partial charge in [0.2, 0.25) is 5.91 Å². The van der Waals surface area contributed by atoms with E-state index < -0.39 is 0 Å². The number of aromatic nitrogens is 1. The highest BCUT2D eigenvalue weighted by Gasteiger charge is 2.29. The lowest BCUT2D eigenvalue weighted by Crippen LogP contribution is -2.47. The zero-order valence-electron chi connectivity index (χ0n) is 20.1. The molecule has 2 aliphatic heterocycles. The maximum absolute atomic E-state index is 13.6. The summed E-state index contributed by atoms with van der Waals surface area (Å²) in [6.45, 7) is 5.03. The van der Waals surface area contributed by atoms with Gasteiger partial charge in [0.05, 0.1) is 10.7 Å². The molecule has 184 valence electrons. The molecule has 0 unspecified atom stereocenters. The molecule has 0 radical (unpaired) electrons. The molecule has 1 aromatic heterocycles. The first kappa shape index (κ1) is 23.9. The van der Waals surface area contributed by atoms with E-state index in [1.165, 1.54) is 37.3 Å². The number of H-pyrrole nitrogens is 1. The quantitative estimate of drug-likeness (QED) is 0.515. The van der Waals surface area contributed by atoms with Gasteiger partial charge in [0.15, 0.2) is 0 Å². The molecule has 5 rings (SSSR count). The Bertz CT molecular complexity index is 1180. The molecule has 1 N–H and O–H groups in total. The highest BCUT2D eigenvalue weighted by molar-refractivity contribution is 6.34. The zero-order chi connectivity index (χ0) is 24.2. The standard InChI is InChI=1S/C28H33ClN4O2/c29-24-6-2-3-7-26(24)33(28(35)23-9-8-22-10-13-30-25(22)18-23)20-27(34)32-16-11-21(12-17-32)19-31-14-4-1-5-15-31/h2-3,6-10,13,18,21,30H,1,4-5,11-12,14-17,19-20H2. The maximum Gasteiger partial charge on any atom is 0.258 e. The number of aromatic amines is 1. The number of nitrogens with one attached hydrogen (secondary N) is 1. The molecule has 2 fully saturated rings. The molecule has 3 aromatic rings. The molecule has 0 spiro atoms. The molecule has 7 heteroatoms. The number of benzene rings is 2. The molecule has 3 heterocycles. The summed E-state index contributed by atoms with van der Waals surface area (Å²) < 4.78 is 0. The molecule has 0 saturated carbocycles. The number of halogens is 1. The minimum Gasteiger partial charge on any atom is -0.361 e. The first-order valence-corrected chi connectivity index (χ1v) is 13.1. The average molecular weight is 493 g/mol. The van der Waals surface area contributed by atoms with E-state index in [-0.39, 0.29) is 18.4 Å². The van der Waals surface area contributed by atoms with Gasteiger partial charge in [-0.1, -0.05) is 36.2 Å². The smallest absolute Gasteiger partial charge is 0.258 e. The second-order valence-electron chi connectivity index (χ2n) is 9.81. The molecule has 2 amide bonds. The Balaban J connectivity index is 1.28. The monoisotopic (exact) mass is 492 g/mol. The fourth-order valence-electron chi connectivity index (χ4n) is 5.38. The molecular formula is C28H33ClN4O2. The number of hydrogen-bond donors (Lipinski definition) is 1. The molecule has 0 atom stereocenters. The van der Waals surface area contributed by atoms with E-state index in [2.05, 4.69) is 9.88 Å². The molecule has 2 aromatic carbocycles. The van der Waals surface area contributed by atoms with Gasteiger partial charge in [-0.2, -0.15) is 0 Å². The summed E-state index contributed by atoms with van der Waals surface area (Å²) in [7, 11) is 0. The highest BCUT2D eigenvalue weighted by Crippen LogP contribution is 2.28. The summed E-state index contributed by atoms with van der Waals surface area (Å²) in [4.78, 5) is 36.2. The second-order valence-corrected chi connectivity index (χ2v) is 10.2. The number of carbonyl (C=O) groups is 2. The molecule has 0 bridgehead atoms. The van der Waals surface area contributed by atoms with Crippen molar-refractivity contribution in [2.24, 2.45) is 5.92 Å². The number of likely N-dealkylation sites (tertiary alicyclic amines) is 2. The van der Waals surface area contributed by atoms with Crippen LogP contribution in [0.2, 0.25) is 5.02 Å². The van der Waals surface area contributed by atoms with Crippen molar-refractivity contribution in [1.29, 1.82) is 0 Å². The van der Waals surface area contributed by atoms with Crippen LogP contribution in [0, 0.1) is 5.92 Å². The summed E-state index contributed by atoms with van der Waals surface area (Å²) in [5.41, 5.74) is 1.96. The largest absolute Gasteiger partial charge is 0.361 e. The lowest BCUT2D eigenvalue weighted by atomic mass is 9.95. The highest BCUT2D eigenvalue weighted by atomic mass is 35.5. The van der Waals surface area contributed by atoms with Crippen molar-refractivity contribution in [1.82, 2.24) is 14.8 Å². The first-order chi connectivity index (χ1) is 17.1. The summed E-state index contributed by atoms with van der Waals surface area (Å²) in [6, 6.07) is 14.7. The van der Waals surface area contributed by atoms with Gasteiger partial charge in [0.25, 0.3) is 5.91 Å².